The third kappa shape index (κ3) is 6.05. The molecule has 31 heavy (non-hydrogen) atoms. The van der Waals surface area contributed by atoms with E-state index in [0.717, 1.165) is 20.6 Å². The van der Waals surface area contributed by atoms with Gasteiger partial charge in [-0.15, -0.1) is 0 Å². The number of aromatic nitrogens is 2. The zero-order valence-corrected chi connectivity index (χ0v) is 19.6. The Labute approximate surface area is 188 Å². The fourth-order valence-corrected chi connectivity index (χ4v) is 3.46. The van der Waals surface area contributed by atoms with E-state index in [9.17, 15) is 13.2 Å². The van der Waals surface area contributed by atoms with Crippen LogP contribution < -0.4 is 9.04 Å². The zero-order chi connectivity index (χ0) is 22.6. The summed E-state index contributed by atoms with van der Waals surface area (Å²) in [6.07, 6.45) is 1.12. The van der Waals surface area contributed by atoms with Crippen LogP contribution in [0.1, 0.15) is 5.89 Å². The molecule has 0 radical (unpaired) electrons. The molecule has 0 N–H and O–H groups in total. The fraction of sp³-hybridized carbons (Fsp3) is 0.250. The summed E-state index contributed by atoms with van der Waals surface area (Å²) >= 11 is 3.40. The smallest absolute Gasteiger partial charge is 0.260 e. The van der Waals surface area contributed by atoms with Crippen molar-refractivity contribution < 1.29 is 22.5 Å². The van der Waals surface area contributed by atoms with Crippen molar-refractivity contribution in [3.05, 3.63) is 58.9 Å². The van der Waals surface area contributed by atoms with Gasteiger partial charge in [-0.2, -0.15) is 4.98 Å². The molecule has 0 aliphatic carbocycles. The molecule has 0 aliphatic rings. The van der Waals surface area contributed by atoms with Crippen molar-refractivity contribution >= 4 is 37.5 Å². The molecule has 1 amide bonds. The number of carbonyl (C=O) groups is 1. The summed E-state index contributed by atoms with van der Waals surface area (Å²) in [6, 6.07) is 13.9. The molecule has 3 aromatic rings. The molecular formula is C20H21BrN4O5S. The predicted octanol–water partition coefficient (Wildman–Crippen LogP) is 2.93. The highest BCUT2D eigenvalue weighted by molar-refractivity contribution is 9.10. The quantitative estimate of drug-likeness (QED) is 0.460. The summed E-state index contributed by atoms with van der Waals surface area (Å²) < 4.78 is 36.0. The number of ether oxygens (including phenoxy) is 1. The number of benzene rings is 2. The first kappa shape index (κ1) is 22.8. The highest BCUT2D eigenvalue weighted by atomic mass is 79.9. The molecule has 0 spiro atoms. The van der Waals surface area contributed by atoms with Crippen LogP contribution in [0.15, 0.2) is 57.5 Å². The van der Waals surface area contributed by atoms with Gasteiger partial charge in [-0.1, -0.05) is 33.2 Å². The van der Waals surface area contributed by atoms with Gasteiger partial charge in [-0.25, -0.2) is 8.42 Å². The number of rotatable bonds is 8. The number of anilines is 1. The molecule has 3 rings (SSSR count). The second-order valence-corrected chi connectivity index (χ2v) is 9.71. The fourth-order valence-electron chi connectivity index (χ4n) is 2.55. The van der Waals surface area contributed by atoms with E-state index in [1.807, 2.05) is 24.3 Å². The summed E-state index contributed by atoms with van der Waals surface area (Å²) in [5, 5.41) is 3.95. The molecule has 0 saturated heterocycles. The number of likely N-dealkylation sites (N-methyl/N-ethyl adjacent to an activating group) is 1. The maximum absolute atomic E-state index is 12.4. The number of nitrogens with zero attached hydrogens (tertiary/aromatic N) is 4. The molecule has 11 heteroatoms. The maximum atomic E-state index is 12.4. The zero-order valence-electron chi connectivity index (χ0n) is 17.1. The number of carbonyl (C=O) groups excluding carboxylic acids is 1. The van der Waals surface area contributed by atoms with Crippen molar-refractivity contribution in [2.75, 3.05) is 31.3 Å². The number of sulfonamides is 1. The van der Waals surface area contributed by atoms with Crippen LogP contribution in [0, 0.1) is 0 Å². The van der Waals surface area contributed by atoms with E-state index in [2.05, 4.69) is 26.1 Å². The van der Waals surface area contributed by atoms with Crippen LogP contribution in [0.5, 0.6) is 5.75 Å². The minimum atomic E-state index is -3.34. The summed E-state index contributed by atoms with van der Waals surface area (Å²) in [7, 11) is -0.273. The van der Waals surface area contributed by atoms with Gasteiger partial charge in [0.1, 0.15) is 5.75 Å². The Morgan fingerprint density at radius 2 is 1.87 bits per heavy atom. The van der Waals surface area contributed by atoms with Crippen LogP contribution in [-0.4, -0.2) is 56.3 Å². The van der Waals surface area contributed by atoms with E-state index in [1.165, 1.54) is 11.9 Å². The molecule has 0 unspecified atom stereocenters. The van der Waals surface area contributed by atoms with E-state index < -0.39 is 10.0 Å². The van der Waals surface area contributed by atoms with Crippen LogP contribution in [0.25, 0.3) is 11.4 Å². The standard InChI is InChI=1S/C20H21BrN4O5S/c1-24(12-18-22-20(23-30-18)14-5-4-6-15(21)11-14)19(26)13-29-17-9-7-16(8-10-17)25(2)31(3,27)28/h4-11H,12-13H2,1-3H3. The number of hydrogen-bond acceptors (Lipinski definition) is 7. The predicted molar refractivity (Wildman–Crippen MR) is 119 cm³/mol. The van der Waals surface area contributed by atoms with Crippen molar-refractivity contribution in [1.29, 1.82) is 0 Å². The van der Waals surface area contributed by atoms with E-state index in [4.69, 9.17) is 9.26 Å². The van der Waals surface area contributed by atoms with E-state index >= 15 is 0 Å². The lowest BCUT2D eigenvalue weighted by Crippen LogP contribution is -2.31. The van der Waals surface area contributed by atoms with Gasteiger partial charge in [0.25, 0.3) is 5.91 Å². The molecular weight excluding hydrogens is 488 g/mol. The normalized spacial score (nSPS) is 11.2. The Morgan fingerprint density at radius 1 is 1.16 bits per heavy atom. The largest absolute Gasteiger partial charge is 0.484 e. The molecule has 1 aromatic heterocycles. The van der Waals surface area contributed by atoms with Crippen molar-refractivity contribution in [2.24, 2.45) is 0 Å². The van der Waals surface area contributed by atoms with Crippen LogP contribution in [-0.2, 0) is 21.4 Å². The first-order valence-corrected chi connectivity index (χ1v) is 11.8. The number of amides is 1. The number of halogens is 1. The average molecular weight is 509 g/mol. The van der Waals surface area contributed by atoms with E-state index in [0.29, 0.717) is 23.2 Å². The summed E-state index contributed by atoms with van der Waals surface area (Å²) in [5.41, 5.74) is 1.29. The van der Waals surface area contributed by atoms with Crippen molar-refractivity contribution in [2.45, 2.75) is 6.54 Å². The monoisotopic (exact) mass is 508 g/mol. The molecule has 1 heterocycles. The van der Waals surface area contributed by atoms with Gasteiger partial charge >= 0.3 is 0 Å². The minimum absolute atomic E-state index is 0.140. The first-order valence-electron chi connectivity index (χ1n) is 9.13. The highest BCUT2D eigenvalue weighted by Gasteiger charge is 2.16. The topological polar surface area (TPSA) is 106 Å². The molecule has 0 fully saturated rings. The van der Waals surface area contributed by atoms with Gasteiger partial charge in [-0.05, 0) is 36.4 Å². The van der Waals surface area contributed by atoms with Crippen LogP contribution in [0.2, 0.25) is 0 Å². The third-order valence-electron chi connectivity index (χ3n) is 4.41. The highest BCUT2D eigenvalue weighted by Crippen LogP contribution is 2.21. The van der Waals surface area contributed by atoms with Crippen molar-refractivity contribution in [3.63, 3.8) is 0 Å². The van der Waals surface area contributed by atoms with Gasteiger partial charge in [-0.3, -0.25) is 9.10 Å². The molecule has 0 saturated carbocycles. The second kappa shape index (κ2) is 9.48. The average Bonchev–Trinajstić information content (AvgIpc) is 3.19. The van der Waals surface area contributed by atoms with Crippen molar-refractivity contribution in [1.82, 2.24) is 15.0 Å². The third-order valence-corrected chi connectivity index (χ3v) is 6.11. The Bertz CT molecular complexity index is 1160. The Hall–Kier alpha value is -2.92. The molecule has 0 atom stereocenters. The van der Waals surface area contributed by atoms with Gasteiger partial charge in [0.2, 0.25) is 21.7 Å². The van der Waals surface area contributed by atoms with Crippen molar-refractivity contribution in [3.8, 4) is 17.1 Å². The molecule has 2 aromatic carbocycles. The SMILES string of the molecule is CN(Cc1nc(-c2cccc(Br)c2)no1)C(=O)COc1ccc(N(C)S(C)(=O)=O)cc1. The lowest BCUT2D eigenvalue weighted by molar-refractivity contribution is -0.132. The van der Waals surface area contributed by atoms with Gasteiger partial charge in [0.05, 0.1) is 18.5 Å². The van der Waals surface area contributed by atoms with E-state index in [-0.39, 0.29) is 19.1 Å². The van der Waals surface area contributed by atoms with Gasteiger partial charge < -0.3 is 14.2 Å². The Kier molecular flexibility index (Phi) is 6.96. The van der Waals surface area contributed by atoms with Crippen LogP contribution >= 0.6 is 15.9 Å². The number of hydrogen-bond donors (Lipinski definition) is 0. The van der Waals surface area contributed by atoms with Crippen LogP contribution in [0.3, 0.4) is 0 Å². The van der Waals surface area contributed by atoms with Crippen LogP contribution in [0.4, 0.5) is 5.69 Å². The molecule has 0 aliphatic heterocycles. The maximum Gasteiger partial charge on any atom is 0.260 e. The summed E-state index contributed by atoms with van der Waals surface area (Å²) in [5.74, 6) is 0.910. The van der Waals surface area contributed by atoms with Gasteiger partial charge in [0, 0.05) is 24.1 Å². The first-order chi connectivity index (χ1) is 14.6. The summed E-state index contributed by atoms with van der Waals surface area (Å²) in [4.78, 5) is 18.1. The summed E-state index contributed by atoms with van der Waals surface area (Å²) in [6.45, 7) is -0.0499. The van der Waals surface area contributed by atoms with E-state index in [1.54, 1.807) is 31.3 Å². The second-order valence-electron chi connectivity index (χ2n) is 6.78. The van der Waals surface area contributed by atoms with Gasteiger partial charge in [0.15, 0.2) is 6.61 Å². The molecule has 0 bridgehead atoms. The molecule has 164 valence electrons. The Morgan fingerprint density at radius 3 is 2.52 bits per heavy atom. The lowest BCUT2D eigenvalue weighted by atomic mass is 10.2. The lowest BCUT2D eigenvalue weighted by Gasteiger charge is -2.17. The Balaban J connectivity index is 1.54. The minimum Gasteiger partial charge on any atom is -0.484 e. The molecule has 9 nitrogen and oxygen atoms in total.